The summed E-state index contributed by atoms with van der Waals surface area (Å²) >= 11 is 0. The van der Waals surface area contributed by atoms with Crippen molar-refractivity contribution in [1.29, 1.82) is 0 Å². The molecule has 0 aliphatic carbocycles. The molecular formula is C21H24O2. The molecule has 1 unspecified atom stereocenters. The quantitative estimate of drug-likeness (QED) is 0.700. The predicted molar refractivity (Wildman–Crippen MR) is 95.2 cm³/mol. The molecule has 0 amide bonds. The molecule has 1 aliphatic rings. The van der Waals surface area contributed by atoms with Gasteiger partial charge in [0, 0.05) is 0 Å². The van der Waals surface area contributed by atoms with E-state index in [1.807, 2.05) is 12.1 Å². The van der Waals surface area contributed by atoms with Gasteiger partial charge in [-0.05, 0) is 47.1 Å². The van der Waals surface area contributed by atoms with Crippen LogP contribution in [0.15, 0.2) is 48.5 Å². The topological polar surface area (TPSA) is 18.5 Å². The molecule has 1 aliphatic heterocycles. The smallest absolute Gasteiger partial charge is 0.231 e. The lowest BCUT2D eigenvalue weighted by Crippen LogP contribution is -1.95. The fourth-order valence-electron chi connectivity index (χ4n) is 2.79. The Morgan fingerprint density at radius 2 is 1.74 bits per heavy atom. The molecule has 0 saturated carbocycles. The molecule has 23 heavy (non-hydrogen) atoms. The average molecular weight is 308 g/mol. The van der Waals surface area contributed by atoms with Gasteiger partial charge >= 0.3 is 0 Å². The van der Waals surface area contributed by atoms with Crippen LogP contribution in [0.1, 0.15) is 55.7 Å². The van der Waals surface area contributed by atoms with Gasteiger partial charge in [0.25, 0.3) is 0 Å². The van der Waals surface area contributed by atoms with E-state index in [1.54, 1.807) is 0 Å². The summed E-state index contributed by atoms with van der Waals surface area (Å²) < 4.78 is 10.8. The van der Waals surface area contributed by atoms with Gasteiger partial charge in [-0.2, -0.15) is 0 Å². The maximum absolute atomic E-state index is 5.42. The summed E-state index contributed by atoms with van der Waals surface area (Å²) in [5, 5.41) is 0. The minimum atomic E-state index is 0.325. The highest BCUT2D eigenvalue weighted by Gasteiger charge is 2.12. The molecule has 2 aromatic carbocycles. The maximum Gasteiger partial charge on any atom is 0.231 e. The zero-order valence-electron chi connectivity index (χ0n) is 14.1. The molecule has 2 aromatic rings. The van der Waals surface area contributed by atoms with E-state index in [9.17, 15) is 0 Å². The van der Waals surface area contributed by atoms with E-state index in [1.165, 1.54) is 11.1 Å². The normalized spacial score (nSPS) is 14.6. The first-order valence-corrected chi connectivity index (χ1v) is 8.29. The number of rotatable bonds is 5. The zero-order valence-corrected chi connectivity index (χ0v) is 14.1. The second-order valence-electron chi connectivity index (χ2n) is 6.48. The van der Waals surface area contributed by atoms with E-state index in [-0.39, 0.29) is 0 Å². The van der Waals surface area contributed by atoms with Crippen LogP contribution in [0.5, 0.6) is 11.5 Å². The van der Waals surface area contributed by atoms with Crippen LogP contribution >= 0.6 is 0 Å². The Hall–Kier alpha value is -2.22. The number of ether oxygens (including phenoxy) is 2. The fourth-order valence-corrected chi connectivity index (χ4v) is 2.79. The molecule has 0 spiro atoms. The van der Waals surface area contributed by atoms with E-state index in [2.05, 4.69) is 63.3 Å². The summed E-state index contributed by atoms with van der Waals surface area (Å²) in [5.74, 6) is 2.76. The van der Waals surface area contributed by atoms with Crippen LogP contribution in [-0.2, 0) is 0 Å². The Bertz CT molecular complexity index is 701. The molecule has 0 fully saturated rings. The second kappa shape index (κ2) is 6.91. The summed E-state index contributed by atoms with van der Waals surface area (Å²) in [4.78, 5) is 0. The first kappa shape index (κ1) is 15.7. The van der Waals surface area contributed by atoms with Crippen molar-refractivity contribution in [2.75, 3.05) is 6.79 Å². The lowest BCUT2D eigenvalue weighted by molar-refractivity contribution is 0.174. The molecule has 2 heteroatoms. The molecule has 0 saturated heterocycles. The van der Waals surface area contributed by atoms with Crippen molar-refractivity contribution in [3.05, 3.63) is 65.2 Å². The summed E-state index contributed by atoms with van der Waals surface area (Å²) in [6, 6.07) is 15.0. The number of hydrogen-bond acceptors (Lipinski definition) is 2. The SMILES string of the molecule is CC(C)c1cccc(C(C)CC=Cc2ccc3c(c2)OCO3)c1. The molecule has 2 nitrogen and oxygen atoms in total. The van der Waals surface area contributed by atoms with Crippen molar-refractivity contribution in [1.82, 2.24) is 0 Å². The molecule has 0 N–H and O–H groups in total. The number of hydrogen-bond donors (Lipinski definition) is 0. The third kappa shape index (κ3) is 3.76. The van der Waals surface area contributed by atoms with Crippen LogP contribution < -0.4 is 9.47 Å². The number of allylic oxidation sites excluding steroid dienone is 1. The van der Waals surface area contributed by atoms with Crippen LogP contribution in [0.2, 0.25) is 0 Å². The Morgan fingerprint density at radius 3 is 2.57 bits per heavy atom. The van der Waals surface area contributed by atoms with Crippen molar-refractivity contribution < 1.29 is 9.47 Å². The second-order valence-corrected chi connectivity index (χ2v) is 6.48. The Kier molecular flexibility index (Phi) is 4.71. The molecule has 3 rings (SSSR count). The minimum absolute atomic E-state index is 0.325. The summed E-state index contributed by atoms with van der Waals surface area (Å²) in [5.41, 5.74) is 3.97. The van der Waals surface area contributed by atoms with Crippen molar-refractivity contribution in [2.24, 2.45) is 0 Å². The first-order chi connectivity index (χ1) is 11.1. The molecular weight excluding hydrogens is 284 g/mol. The predicted octanol–water partition coefficient (Wildman–Crippen LogP) is 5.75. The van der Waals surface area contributed by atoms with Gasteiger partial charge in [-0.1, -0.05) is 63.3 Å². The van der Waals surface area contributed by atoms with Crippen LogP contribution in [-0.4, -0.2) is 6.79 Å². The van der Waals surface area contributed by atoms with E-state index >= 15 is 0 Å². The minimum Gasteiger partial charge on any atom is -0.454 e. The van der Waals surface area contributed by atoms with E-state index < -0.39 is 0 Å². The van der Waals surface area contributed by atoms with Gasteiger partial charge in [0.2, 0.25) is 6.79 Å². The van der Waals surface area contributed by atoms with E-state index in [0.717, 1.165) is 23.5 Å². The molecule has 120 valence electrons. The van der Waals surface area contributed by atoms with Crippen molar-refractivity contribution >= 4 is 6.08 Å². The van der Waals surface area contributed by atoms with Gasteiger partial charge in [-0.3, -0.25) is 0 Å². The van der Waals surface area contributed by atoms with Crippen molar-refractivity contribution in [3.63, 3.8) is 0 Å². The van der Waals surface area contributed by atoms with Gasteiger partial charge in [0.05, 0.1) is 0 Å². The van der Waals surface area contributed by atoms with Crippen molar-refractivity contribution in [3.8, 4) is 11.5 Å². The van der Waals surface area contributed by atoms with E-state index in [0.29, 0.717) is 18.6 Å². The highest BCUT2D eigenvalue weighted by Crippen LogP contribution is 2.33. The molecule has 0 radical (unpaired) electrons. The Balaban J connectivity index is 1.64. The third-order valence-electron chi connectivity index (χ3n) is 4.34. The number of fused-ring (bicyclic) bond motifs is 1. The van der Waals surface area contributed by atoms with Crippen LogP contribution in [0, 0.1) is 0 Å². The van der Waals surface area contributed by atoms with Gasteiger partial charge in [-0.25, -0.2) is 0 Å². The summed E-state index contributed by atoms with van der Waals surface area (Å²) in [6.45, 7) is 7.09. The Morgan fingerprint density at radius 1 is 0.957 bits per heavy atom. The summed E-state index contributed by atoms with van der Waals surface area (Å²) in [7, 11) is 0. The molecule has 1 atom stereocenters. The van der Waals surface area contributed by atoms with Crippen LogP contribution in [0.4, 0.5) is 0 Å². The van der Waals surface area contributed by atoms with Gasteiger partial charge in [0.15, 0.2) is 11.5 Å². The maximum atomic E-state index is 5.42. The standard InChI is InChI=1S/C21H24O2/c1-15(2)18-8-5-9-19(13-18)16(3)6-4-7-17-10-11-20-21(12-17)23-14-22-20/h4-5,7-13,15-16H,6,14H2,1-3H3. The number of benzene rings is 2. The van der Waals surface area contributed by atoms with Gasteiger partial charge in [0.1, 0.15) is 0 Å². The lowest BCUT2D eigenvalue weighted by atomic mass is 9.93. The monoisotopic (exact) mass is 308 g/mol. The largest absolute Gasteiger partial charge is 0.454 e. The van der Waals surface area contributed by atoms with Gasteiger partial charge < -0.3 is 9.47 Å². The fraction of sp³-hybridized carbons (Fsp3) is 0.333. The highest BCUT2D eigenvalue weighted by molar-refractivity contribution is 5.56. The Labute approximate surface area is 138 Å². The zero-order chi connectivity index (χ0) is 16.2. The van der Waals surface area contributed by atoms with Crippen molar-refractivity contribution in [2.45, 2.75) is 39.0 Å². The lowest BCUT2D eigenvalue weighted by Gasteiger charge is -2.13. The summed E-state index contributed by atoms with van der Waals surface area (Å²) in [6.07, 6.45) is 5.42. The van der Waals surface area contributed by atoms with E-state index in [4.69, 9.17) is 9.47 Å². The average Bonchev–Trinajstić information content (AvgIpc) is 3.02. The van der Waals surface area contributed by atoms with Crippen LogP contribution in [0.25, 0.3) is 6.08 Å². The molecule has 0 aromatic heterocycles. The third-order valence-corrected chi connectivity index (χ3v) is 4.34. The molecule has 1 heterocycles. The molecule has 0 bridgehead atoms. The van der Waals surface area contributed by atoms with Gasteiger partial charge in [-0.15, -0.1) is 0 Å². The van der Waals surface area contributed by atoms with Crippen LogP contribution in [0.3, 0.4) is 0 Å². The first-order valence-electron chi connectivity index (χ1n) is 8.29. The highest BCUT2D eigenvalue weighted by atomic mass is 16.7.